The Hall–Kier alpha value is -1.81. The molecule has 0 N–H and O–H groups in total. The van der Waals surface area contributed by atoms with Crippen LogP contribution in [-0.2, 0) is 9.47 Å². The van der Waals surface area contributed by atoms with Crippen molar-refractivity contribution in [3.8, 4) is 0 Å². The van der Waals surface area contributed by atoms with Gasteiger partial charge in [-0.1, -0.05) is 18.2 Å². The molecule has 1 saturated heterocycles. The van der Waals surface area contributed by atoms with E-state index in [-0.39, 0.29) is 12.2 Å². The third-order valence-corrected chi connectivity index (χ3v) is 3.23. The lowest BCUT2D eigenvalue weighted by Gasteiger charge is -2.22. The van der Waals surface area contributed by atoms with Crippen molar-refractivity contribution >= 4 is 17.0 Å². The van der Waals surface area contributed by atoms with E-state index in [4.69, 9.17) is 9.47 Å². The molecule has 0 unspecified atom stereocenters. The van der Waals surface area contributed by atoms with Crippen LogP contribution in [0.15, 0.2) is 36.5 Å². The van der Waals surface area contributed by atoms with Crippen LogP contribution in [0.5, 0.6) is 0 Å². The molecule has 2 aromatic rings. The third kappa shape index (κ3) is 2.11. The summed E-state index contributed by atoms with van der Waals surface area (Å²) in [5, 5.41) is 1.04. The van der Waals surface area contributed by atoms with Gasteiger partial charge in [-0.3, -0.25) is 4.57 Å². The molecule has 1 aliphatic heterocycles. The van der Waals surface area contributed by atoms with Gasteiger partial charge in [0.1, 0.15) is 6.10 Å². The van der Waals surface area contributed by atoms with Crippen LogP contribution in [0.1, 0.15) is 12.8 Å². The third-order valence-electron chi connectivity index (χ3n) is 3.23. The molecule has 0 bridgehead atoms. The Labute approximate surface area is 105 Å². The van der Waals surface area contributed by atoms with Crippen molar-refractivity contribution in [3.63, 3.8) is 0 Å². The number of carbonyl (C=O) groups excluding carboxylic acids is 1. The van der Waals surface area contributed by atoms with Crippen LogP contribution >= 0.6 is 0 Å². The van der Waals surface area contributed by atoms with E-state index in [9.17, 15) is 4.79 Å². The molecule has 0 aliphatic carbocycles. The Bertz CT molecular complexity index is 555. The van der Waals surface area contributed by atoms with E-state index in [1.807, 2.05) is 30.3 Å². The summed E-state index contributed by atoms with van der Waals surface area (Å²) in [7, 11) is 0. The predicted molar refractivity (Wildman–Crippen MR) is 67.7 cm³/mol. The molecule has 0 radical (unpaired) electrons. The van der Waals surface area contributed by atoms with Crippen molar-refractivity contribution in [1.82, 2.24) is 4.57 Å². The molecule has 94 valence electrons. The van der Waals surface area contributed by atoms with Crippen LogP contribution in [0.25, 0.3) is 10.9 Å². The minimum absolute atomic E-state index is 0.0209. The summed E-state index contributed by atoms with van der Waals surface area (Å²) in [5.74, 6) is 0. The average Bonchev–Trinajstić information content (AvgIpc) is 2.84. The molecule has 0 saturated carbocycles. The monoisotopic (exact) mass is 245 g/mol. The fraction of sp³-hybridized carbons (Fsp3) is 0.357. The highest BCUT2D eigenvalue weighted by Crippen LogP contribution is 2.17. The van der Waals surface area contributed by atoms with E-state index in [1.165, 1.54) is 0 Å². The second-order valence-corrected chi connectivity index (χ2v) is 4.44. The fourth-order valence-corrected chi connectivity index (χ4v) is 2.24. The Morgan fingerprint density at radius 1 is 1.22 bits per heavy atom. The van der Waals surface area contributed by atoms with Crippen LogP contribution in [-0.4, -0.2) is 30.0 Å². The highest BCUT2D eigenvalue weighted by atomic mass is 16.6. The van der Waals surface area contributed by atoms with E-state index in [1.54, 1.807) is 10.8 Å². The topological polar surface area (TPSA) is 40.5 Å². The number of hydrogen-bond donors (Lipinski definition) is 0. The number of carbonyl (C=O) groups is 1. The summed E-state index contributed by atoms with van der Waals surface area (Å²) in [6, 6.07) is 9.69. The first kappa shape index (κ1) is 11.3. The van der Waals surface area contributed by atoms with Crippen molar-refractivity contribution in [3.05, 3.63) is 36.5 Å². The normalized spacial score (nSPS) is 16.9. The van der Waals surface area contributed by atoms with E-state index < -0.39 is 0 Å². The molecule has 0 atom stereocenters. The van der Waals surface area contributed by atoms with E-state index in [2.05, 4.69) is 0 Å². The quantitative estimate of drug-likeness (QED) is 0.775. The van der Waals surface area contributed by atoms with Crippen LogP contribution in [0.4, 0.5) is 4.79 Å². The Kier molecular flexibility index (Phi) is 3.02. The average molecular weight is 245 g/mol. The van der Waals surface area contributed by atoms with Crippen molar-refractivity contribution in [2.45, 2.75) is 18.9 Å². The van der Waals surface area contributed by atoms with Gasteiger partial charge in [0.15, 0.2) is 0 Å². The molecule has 4 nitrogen and oxygen atoms in total. The number of hydrogen-bond acceptors (Lipinski definition) is 3. The highest BCUT2D eigenvalue weighted by Gasteiger charge is 2.19. The number of nitrogens with zero attached hydrogens (tertiary/aromatic N) is 1. The lowest BCUT2D eigenvalue weighted by Crippen LogP contribution is -2.27. The zero-order chi connectivity index (χ0) is 12.4. The smallest absolute Gasteiger partial charge is 0.418 e. The first-order valence-corrected chi connectivity index (χ1v) is 6.19. The molecule has 1 aromatic carbocycles. The van der Waals surface area contributed by atoms with Crippen molar-refractivity contribution < 1.29 is 14.3 Å². The van der Waals surface area contributed by atoms with Gasteiger partial charge in [0, 0.05) is 24.4 Å². The van der Waals surface area contributed by atoms with Gasteiger partial charge in [-0.15, -0.1) is 0 Å². The number of rotatable bonds is 1. The van der Waals surface area contributed by atoms with Gasteiger partial charge in [-0.2, -0.15) is 0 Å². The standard InChI is InChI=1S/C14H15NO3/c16-14(18-12-6-9-17-10-7-12)15-8-5-11-3-1-2-4-13(11)15/h1-5,8,12H,6-7,9-10H2. The van der Waals surface area contributed by atoms with Gasteiger partial charge in [-0.25, -0.2) is 4.79 Å². The minimum atomic E-state index is -0.303. The molecular weight excluding hydrogens is 230 g/mol. The van der Waals surface area contributed by atoms with Gasteiger partial charge < -0.3 is 9.47 Å². The zero-order valence-electron chi connectivity index (χ0n) is 10.0. The summed E-state index contributed by atoms with van der Waals surface area (Å²) in [4.78, 5) is 12.1. The molecule has 18 heavy (non-hydrogen) atoms. The molecule has 2 heterocycles. The molecule has 1 fully saturated rings. The molecule has 1 aliphatic rings. The highest BCUT2D eigenvalue weighted by molar-refractivity contribution is 5.89. The van der Waals surface area contributed by atoms with Crippen molar-refractivity contribution in [2.75, 3.05) is 13.2 Å². The van der Waals surface area contributed by atoms with Crippen LogP contribution in [0, 0.1) is 0 Å². The molecule has 0 spiro atoms. The van der Waals surface area contributed by atoms with Gasteiger partial charge in [0.2, 0.25) is 0 Å². The summed E-state index contributed by atoms with van der Waals surface area (Å²) in [5.41, 5.74) is 0.884. The van der Waals surface area contributed by atoms with E-state index in [0.717, 1.165) is 23.7 Å². The van der Waals surface area contributed by atoms with Gasteiger partial charge in [0.05, 0.1) is 18.7 Å². The Morgan fingerprint density at radius 2 is 2.00 bits per heavy atom. The molecule has 0 amide bonds. The van der Waals surface area contributed by atoms with E-state index in [0.29, 0.717) is 13.2 Å². The molecule has 3 rings (SSSR count). The number of fused-ring (bicyclic) bond motifs is 1. The van der Waals surface area contributed by atoms with Crippen LogP contribution in [0.3, 0.4) is 0 Å². The number of ether oxygens (including phenoxy) is 2. The molecule has 1 aromatic heterocycles. The number of benzene rings is 1. The summed E-state index contributed by atoms with van der Waals surface area (Å²) >= 11 is 0. The summed E-state index contributed by atoms with van der Waals surface area (Å²) in [6.45, 7) is 1.34. The van der Waals surface area contributed by atoms with Crippen molar-refractivity contribution in [2.24, 2.45) is 0 Å². The Morgan fingerprint density at radius 3 is 2.83 bits per heavy atom. The van der Waals surface area contributed by atoms with E-state index >= 15 is 0 Å². The second-order valence-electron chi connectivity index (χ2n) is 4.44. The summed E-state index contributed by atoms with van der Waals surface area (Å²) < 4.78 is 12.3. The first-order valence-electron chi connectivity index (χ1n) is 6.19. The zero-order valence-corrected chi connectivity index (χ0v) is 10.0. The number of para-hydroxylation sites is 1. The van der Waals surface area contributed by atoms with Crippen LogP contribution in [0.2, 0.25) is 0 Å². The number of aromatic nitrogens is 1. The van der Waals surface area contributed by atoms with Gasteiger partial charge in [-0.05, 0) is 12.1 Å². The lowest BCUT2D eigenvalue weighted by atomic mass is 10.2. The maximum atomic E-state index is 12.1. The SMILES string of the molecule is O=C(OC1CCOCC1)n1ccc2ccccc21. The maximum Gasteiger partial charge on any atom is 0.418 e. The molecule has 4 heteroatoms. The van der Waals surface area contributed by atoms with Gasteiger partial charge >= 0.3 is 6.09 Å². The largest absolute Gasteiger partial charge is 0.445 e. The lowest BCUT2D eigenvalue weighted by molar-refractivity contribution is 0.00231. The van der Waals surface area contributed by atoms with Gasteiger partial charge in [0.25, 0.3) is 0 Å². The summed E-state index contributed by atoms with van der Waals surface area (Å²) in [6.07, 6.45) is 3.00. The molecular formula is C14H15NO3. The predicted octanol–water partition coefficient (Wildman–Crippen LogP) is 2.81. The minimum Gasteiger partial charge on any atom is -0.445 e. The van der Waals surface area contributed by atoms with Crippen molar-refractivity contribution in [1.29, 1.82) is 0 Å². The fourth-order valence-electron chi connectivity index (χ4n) is 2.24. The first-order chi connectivity index (χ1) is 8.84. The Balaban J connectivity index is 1.79. The van der Waals surface area contributed by atoms with Crippen LogP contribution < -0.4 is 0 Å². The maximum absolute atomic E-state index is 12.1. The second kappa shape index (κ2) is 4.82.